The first-order chi connectivity index (χ1) is 12.1. The van der Waals surface area contributed by atoms with E-state index < -0.39 is 0 Å². The fourth-order valence-electron chi connectivity index (χ4n) is 2.23. The van der Waals surface area contributed by atoms with Crippen molar-refractivity contribution in [3.63, 3.8) is 0 Å². The average molecular weight is 358 g/mol. The molecule has 2 amide bonds. The molecule has 7 heteroatoms. The minimum absolute atomic E-state index is 0.116. The summed E-state index contributed by atoms with van der Waals surface area (Å²) < 4.78 is 0. The molecule has 0 aliphatic carbocycles. The van der Waals surface area contributed by atoms with Gasteiger partial charge in [0, 0.05) is 18.8 Å². The Morgan fingerprint density at radius 1 is 1.16 bits per heavy atom. The van der Waals surface area contributed by atoms with Gasteiger partial charge in [-0.05, 0) is 43.0 Å². The summed E-state index contributed by atoms with van der Waals surface area (Å²) in [4.78, 5) is 26.2. The largest absolute Gasteiger partial charge is 0.372 e. The van der Waals surface area contributed by atoms with E-state index in [9.17, 15) is 9.59 Å². The first-order valence-electron chi connectivity index (χ1n) is 8.12. The highest BCUT2D eigenvalue weighted by atomic mass is 32.1. The SMILES string of the molecule is CCN(CC)c1ccc(/C=N/NC(=O)CNC(=O)c2cccs2)cc1. The van der Waals surface area contributed by atoms with Crippen molar-refractivity contribution < 1.29 is 9.59 Å². The van der Waals surface area contributed by atoms with Crippen molar-refractivity contribution in [2.45, 2.75) is 13.8 Å². The molecule has 6 nitrogen and oxygen atoms in total. The van der Waals surface area contributed by atoms with Crippen LogP contribution in [0.4, 0.5) is 5.69 Å². The number of rotatable bonds is 8. The van der Waals surface area contributed by atoms with Crippen LogP contribution in [-0.2, 0) is 4.79 Å². The quantitative estimate of drug-likeness (QED) is 0.562. The smallest absolute Gasteiger partial charge is 0.261 e. The third-order valence-corrected chi connectivity index (χ3v) is 4.45. The summed E-state index contributed by atoms with van der Waals surface area (Å²) in [6, 6.07) is 11.4. The number of hydrogen-bond acceptors (Lipinski definition) is 5. The van der Waals surface area contributed by atoms with Gasteiger partial charge in [-0.25, -0.2) is 5.43 Å². The van der Waals surface area contributed by atoms with Crippen LogP contribution in [0.15, 0.2) is 46.9 Å². The lowest BCUT2D eigenvalue weighted by Gasteiger charge is -2.20. The highest BCUT2D eigenvalue weighted by Crippen LogP contribution is 2.13. The molecular formula is C18H22N4O2S. The second kappa shape index (κ2) is 9.58. The Labute approximate surface area is 151 Å². The minimum Gasteiger partial charge on any atom is -0.372 e. The molecule has 25 heavy (non-hydrogen) atoms. The molecule has 1 heterocycles. The van der Waals surface area contributed by atoms with Crippen LogP contribution in [-0.4, -0.2) is 37.7 Å². The van der Waals surface area contributed by atoms with Crippen LogP contribution in [0.2, 0.25) is 0 Å². The molecule has 0 unspecified atom stereocenters. The van der Waals surface area contributed by atoms with Gasteiger partial charge in [-0.15, -0.1) is 11.3 Å². The fraction of sp³-hybridized carbons (Fsp3) is 0.278. The van der Waals surface area contributed by atoms with Crippen molar-refractivity contribution in [2.24, 2.45) is 5.10 Å². The van der Waals surface area contributed by atoms with E-state index in [1.165, 1.54) is 11.3 Å². The Kier molecular flexibility index (Phi) is 7.16. The molecule has 0 saturated heterocycles. The second-order valence-electron chi connectivity index (χ2n) is 5.22. The summed E-state index contributed by atoms with van der Waals surface area (Å²) in [6.07, 6.45) is 1.57. The van der Waals surface area contributed by atoms with Crippen LogP contribution in [0, 0.1) is 0 Å². The summed E-state index contributed by atoms with van der Waals surface area (Å²) >= 11 is 1.33. The molecule has 1 aromatic carbocycles. The summed E-state index contributed by atoms with van der Waals surface area (Å²) in [5, 5.41) is 8.27. The van der Waals surface area contributed by atoms with Crippen LogP contribution >= 0.6 is 11.3 Å². The molecular weight excluding hydrogens is 336 g/mol. The van der Waals surface area contributed by atoms with Crippen LogP contribution in [0.5, 0.6) is 0 Å². The van der Waals surface area contributed by atoms with E-state index in [0.717, 1.165) is 24.3 Å². The molecule has 2 rings (SSSR count). The van der Waals surface area contributed by atoms with Gasteiger partial charge in [0.15, 0.2) is 0 Å². The third-order valence-electron chi connectivity index (χ3n) is 3.58. The molecule has 0 aliphatic rings. The zero-order chi connectivity index (χ0) is 18.1. The van der Waals surface area contributed by atoms with Crippen LogP contribution in [0.25, 0.3) is 0 Å². The number of thiophene rings is 1. The van der Waals surface area contributed by atoms with E-state index in [2.05, 4.69) is 34.6 Å². The summed E-state index contributed by atoms with van der Waals surface area (Å²) in [6.45, 7) is 6.03. The van der Waals surface area contributed by atoms with Gasteiger partial charge in [0.05, 0.1) is 17.6 Å². The van der Waals surface area contributed by atoms with E-state index in [0.29, 0.717) is 4.88 Å². The summed E-state index contributed by atoms with van der Waals surface area (Å²) in [7, 11) is 0. The molecule has 0 spiro atoms. The highest BCUT2D eigenvalue weighted by Gasteiger charge is 2.07. The van der Waals surface area contributed by atoms with Crippen molar-refractivity contribution in [1.82, 2.24) is 10.7 Å². The summed E-state index contributed by atoms with van der Waals surface area (Å²) in [5.41, 5.74) is 4.44. The van der Waals surface area contributed by atoms with Crippen LogP contribution in [0.3, 0.4) is 0 Å². The lowest BCUT2D eigenvalue weighted by atomic mass is 10.2. The van der Waals surface area contributed by atoms with Gasteiger partial charge < -0.3 is 10.2 Å². The maximum absolute atomic E-state index is 11.7. The Hall–Kier alpha value is -2.67. The molecule has 0 bridgehead atoms. The molecule has 2 aromatic rings. The van der Waals surface area contributed by atoms with E-state index >= 15 is 0 Å². The lowest BCUT2D eigenvalue weighted by molar-refractivity contribution is -0.120. The molecule has 0 radical (unpaired) electrons. The van der Waals surface area contributed by atoms with E-state index in [-0.39, 0.29) is 18.4 Å². The van der Waals surface area contributed by atoms with E-state index in [1.54, 1.807) is 18.3 Å². The summed E-state index contributed by atoms with van der Waals surface area (Å²) in [5.74, 6) is -0.637. The van der Waals surface area contributed by atoms with Gasteiger partial charge in [-0.3, -0.25) is 9.59 Å². The van der Waals surface area contributed by atoms with Crippen molar-refractivity contribution in [1.29, 1.82) is 0 Å². The number of amides is 2. The molecule has 2 N–H and O–H groups in total. The van der Waals surface area contributed by atoms with Gasteiger partial charge >= 0.3 is 0 Å². The topological polar surface area (TPSA) is 73.8 Å². The maximum atomic E-state index is 11.7. The first-order valence-corrected chi connectivity index (χ1v) is 9.00. The van der Waals surface area contributed by atoms with Crippen molar-refractivity contribution in [3.8, 4) is 0 Å². The van der Waals surface area contributed by atoms with Gasteiger partial charge in [-0.1, -0.05) is 18.2 Å². The highest BCUT2D eigenvalue weighted by molar-refractivity contribution is 7.12. The number of anilines is 1. The number of benzene rings is 1. The molecule has 0 fully saturated rings. The molecule has 132 valence electrons. The zero-order valence-corrected chi connectivity index (χ0v) is 15.2. The van der Waals surface area contributed by atoms with Gasteiger partial charge in [0.1, 0.15) is 0 Å². The fourth-order valence-corrected chi connectivity index (χ4v) is 2.87. The average Bonchev–Trinajstić information content (AvgIpc) is 3.17. The zero-order valence-electron chi connectivity index (χ0n) is 14.4. The Bertz CT molecular complexity index is 707. The molecule has 1 aromatic heterocycles. The third kappa shape index (κ3) is 5.72. The van der Waals surface area contributed by atoms with Gasteiger partial charge in [0.25, 0.3) is 11.8 Å². The van der Waals surface area contributed by atoms with E-state index in [4.69, 9.17) is 0 Å². The van der Waals surface area contributed by atoms with Crippen molar-refractivity contribution in [3.05, 3.63) is 52.2 Å². The predicted molar refractivity (Wildman–Crippen MR) is 102 cm³/mol. The molecule has 0 atom stereocenters. The number of nitrogens with zero attached hydrogens (tertiary/aromatic N) is 2. The van der Waals surface area contributed by atoms with E-state index in [1.807, 2.05) is 29.6 Å². The lowest BCUT2D eigenvalue weighted by Crippen LogP contribution is -2.34. The standard InChI is InChI=1S/C18H22N4O2S/c1-3-22(4-2)15-9-7-14(8-10-15)12-20-21-17(23)13-19-18(24)16-6-5-11-25-16/h5-12H,3-4,13H2,1-2H3,(H,19,24)(H,21,23)/b20-12+. The number of carbonyl (C=O) groups excluding carboxylic acids is 2. The van der Waals surface area contributed by atoms with Crippen molar-refractivity contribution >= 4 is 35.1 Å². The number of nitrogens with one attached hydrogen (secondary N) is 2. The van der Waals surface area contributed by atoms with Crippen LogP contribution < -0.4 is 15.6 Å². The van der Waals surface area contributed by atoms with Gasteiger partial charge in [-0.2, -0.15) is 5.10 Å². The molecule has 0 aliphatic heterocycles. The number of hydrazone groups is 1. The first kappa shape index (κ1) is 18.7. The Morgan fingerprint density at radius 2 is 1.88 bits per heavy atom. The normalized spacial score (nSPS) is 10.6. The minimum atomic E-state index is -0.374. The van der Waals surface area contributed by atoms with Gasteiger partial charge in [0.2, 0.25) is 0 Å². The number of hydrogen-bond donors (Lipinski definition) is 2. The van der Waals surface area contributed by atoms with Crippen LogP contribution in [0.1, 0.15) is 29.1 Å². The number of carbonyl (C=O) groups is 2. The Morgan fingerprint density at radius 3 is 2.48 bits per heavy atom. The second-order valence-corrected chi connectivity index (χ2v) is 6.16. The maximum Gasteiger partial charge on any atom is 0.261 e. The predicted octanol–water partition coefficient (Wildman–Crippen LogP) is 2.47. The Balaban J connectivity index is 1.78. The molecule has 0 saturated carbocycles. The monoisotopic (exact) mass is 358 g/mol. The van der Waals surface area contributed by atoms with Crippen molar-refractivity contribution in [2.75, 3.05) is 24.5 Å².